The van der Waals surface area contributed by atoms with Gasteiger partial charge in [-0.25, -0.2) is 0 Å². The number of hydrogen-bond acceptors (Lipinski definition) is 2. The first-order valence-electron chi connectivity index (χ1n) is 7.68. The first-order valence-corrected chi connectivity index (χ1v) is 12.1. The lowest BCUT2D eigenvalue weighted by atomic mass is 10.1. The molecular formula is C19H24OSSi. The molecule has 1 atom stereocenters. The van der Waals surface area contributed by atoms with Gasteiger partial charge in [-0.2, -0.15) is 0 Å². The molecule has 3 heteroatoms. The summed E-state index contributed by atoms with van der Waals surface area (Å²) in [5, 5.41) is 0. The molecule has 0 aromatic heterocycles. The van der Waals surface area contributed by atoms with E-state index < -0.39 is 8.07 Å². The molecule has 0 amide bonds. The van der Waals surface area contributed by atoms with Gasteiger partial charge >= 0.3 is 0 Å². The highest BCUT2D eigenvalue weighted by atomic mass is 32.2. The number of benzene rings is 2. The van der Waals surface area contributed by atoms with E-state index >= 15 is 0 Å². The van der Waals surface area contributed by atoms with Crippen LogP contribution in [0.3, 0.4) is 0 Å². The Hall–Kier alpha value is -1.32. The molecule has 0 fully saturated rings. The van der Waals surface area contributed by atoms with Crippen molar-refractivity contribution < 1.29 is 4.79 Å². The minimum absolute atomic E-state index is 0.258. The Kier molecular flexibility index (Phi) is 5.65. The first-order chi connectivity index (χ1) is 10.4. The highest BCUT2D eigenvalue weighted by Gasteiger charge is 2.30. The molecule has 0 aliphatic rings. The second kappa shape index (κ2) is 7.29. The Morgan fingerprint density at radius 3 is 2.32 bits per heavy atom. The van der Waals surface area contributed by atoms with Crippen molar-refractivity contribution in [2.45, 2.75) is 42.8 Å². The van der Waals surface area contributed by atoms with Crippen molar-refractivity contribution in [3.63, 3.8) is 0 Å². The molecule has 0 aliphatic carbocycles. The Bertz CT molecular complexity index is 631. The summed E-state index contributed by atoms with van der Waals surface area (Å²) in [7, 11) is -1.44. The fraction of sp³-hybridized carbons (Fsp3) is 0.316. The van der Waals surface area contributed by atoms with Gasteiger partial charge in [0.1, 0.15) is 0 Å². The second-order valence-electron chi connectivity index (χ2n) is 6.78. The molecule has 1 unspecified atom stereocenters. The van der Waals surface area contributed by atoms with Gasteiger partial charge in [-0.15, -0.1) is 11.8 Å². The normalized spacial score (nSPS) is 12.9. The van der Waals surface area contributed by atoms with E-state index in [-0.39, 0.29) is 5.78 Å². The smallest absolute Gasteiger partial charge is 0.163 e. The van der Waals surface area contributed by atoms with E-state index in [1.54, 1.807) is 0 Å². The van der Waals surface area contributed by atoms with Crippen LogP contribution in [0.2, 0.25) is 19.6 Å². The summed E-state index contributed by atoms with van der Waals surface area (Å²) < 4.78 is 0. The van der Waals surface area contributed by atoms with Gasteiger partial charge in [-0.1, -0.05) is 67.7 Å². The SMILES string of the molecule is Cc1cccc(SC(CC(=O)c2ccccc2)[Si](C)(C)C)c1. The maximum atomic E-state index is 12.6. The average molecular weight is 329 g/mol. The summed E-state index contributed by atoms with van der Waals surface area (Å²) in [5.41, 5.74) is 2.10. The van der Waals surface area contributed by atoms with Gasteiger partial charge in [0.2, 0.25) is 0 Å². The number of thioether (sulfide) groups is 1. The van der Waals surface area contributed by atoms with E-state index in [0.717, 1.165) is 5.56 Å². The molecule has 1 nitrogen and oxygen atoms in total. The topological polar surface area (TPSA) is 17.1 Å². The Morgan fingerprint density at radius 1 is 1.05 bits per heavy atom. The number of ketones is 1. The maximum absolute atomic E-state index is 12.6. The molecule has 0 aliphatic heterocycles. The van der Waals surface area contributed by atoms with Crippen molar-refractivity contribution >= 4 is 25.6 Å². The zero-order valence-electron chi connectivity index (χ0n) is 13.8. The Labute approximate surface area is 139 Å². The Morgan fingerprint density at radius 2 is 1.73 bits per heavy atom. The van der Waals surface area contributed by atoms with Gasteiger partial charge in [0, 0.05) is 21.8 Å². The monoisotopic (exact) mass is 328 g/mol. The third-order valence-corrected chi connectivity index (χ3v) is 9.29. The summed E-state index contributed by atoms with van der Waals surface area (Å²) in [6.07, 6.45) is 0.623. The lowest BCUT2D eigenvalue weighted by Crippen LogP contribution is -2.37. The predicted molar refractivity (Wildman–Crippen MR) is 99.6 cm³/mol. The number of aryl methyl sites for hydroxylation is 1. The van der Waals surface area contributed by atoms with Crippen molar-refractivity contribution in [3.05, 3.63) is 65.7 Å². The van der Waals surface area contributed by atoms with E-state index in [9.17, 15) is 4.79 Å². The van der Waals surface area contributed by atoms with Crippen molar-refractivity contribution in [2.75, 3.05) is 0 Å². The average Bonchev–Trinajstić information content (AvgIpc) is 2.46. The van der Waals surface area contributed by atoms with E-state index in [2.05, 4.69) is 50.8 Å². The number of carbonyl (C=O) groups excluding carboxylic acids is 1. The molecular weight excluding hydrogens is 304 g/mol. The number of Topliss-reactive ketones (excluding diaryl/α,β-unsaturated/α-hetero) is 1. The van der Waals surface area contributed by atoms with E-state index in [1.807, 2.05) is 42.1 Å². The summed E-state index contributed by atoms with van der Waals surface area (Å²) >= 11 is 1.87. The molecule has 0 spiro atoms. The van der Waals surface area contributed by atoms with Crippen molar-refractivity contribution in [1.82, 2.24) is 0 Å². The number of carbonyl (C=O) groups is 1. The van der Waals surface area contributed by atoms with Crippen LogP contribution in [0.1, 0.15) is 22.3 Å². The van der Waals surface area contributed by atoms with Gasteiger partial charge < -0.3 is 0 Å². The van der Waals surface area contributed by atoms with Gasteiger partial charge in [-0.05, 0) is 19.1 Å². The lowest BCUT2D eigenvalue weighted by molar-refractivity contribution is 0.0986. The lowest BCUT2D eigenvalue weighted by Gasteiger charge is -2.28. The standard InChI is InChI=1S/C19H24OSSi/c1-15-9-8-12-17(13-15)21-19(22(2,3)4)14-18(20)16-10-6-5-7-11-16/h5-13,19H,14H2,1-4H3. The van der Waals surface area contributed by atoms with Crippen LogP contribution >= 0.6 is 11.8 Å². The quantitative estimate of drug-likeness (QED) is 0.390. The number of hydrogen-bond donors (Lipinski definition) is 0. The summed E-state index contributed by atoms with van der Waals surface area (Å²) in [6.45, 7) is 9.15. The van der Waals surface area contributed by atoms with Crippen LogP contribution in [0.5, 0.6) is 0 Å². The largest absolute Gasteiger partial charge is 0.294 e. The van der Waals surface area contributed by atoms with Gasteiger partial charge in [0.25, 0.3) is 0 Å². The van der Waals surface area contributed by atoms with Gasteiger partial charge in [-0.3, -0.25) is 4.79 Å². The zero-order chi connectivity index (χ0) is 16.2. The van der Waals surface area contributed by atoms with Crippen LogP contribution in [0, 0.1) is 6.92 Å². The number of rotatable bonds is 6. The summed E-state index contributed by atoms with van der Waals surface area (Å²) in [6, 6.07) is 18.2. The predicted octanol–water partition coefficient (Wildman–Crippen LogP) is 5.61. The third kappa shape index (κ3) is 4.85. The highest BCUT2D eigenvalue weighted by Crippen LogP contribution is 2.33. The van der Waals surface area contributed by atoms with Gasteiger partial charge in [0.15, 0.2) is 5.78 Å². The van der Waals surface area contributed by atoms with E-state index in [0.29, 0.717) is 11.3 Å². The van der Waals surface area contributed by atoms with E-state index in [4.69, 9.17) is 0 Å². The molecule has 116 valence electrons. The summed E-state index contributed by atoms with van der Waals surface area (Å²) in [4.78, 5) is 14.2. The molecule has 22 heavy (non-hydrogen) atoms. The molecule has 2 aromatic carbocycles. The van der Waals surface area contributed by atoms with Crippen LogP contribution in [0.25, 0.3) is 0 Å². The zero-order valence-corrected chi connectivity index (χ0v) is 15.6. The van der Waals surface area contributed by atoms with Crippen LogP contribution in [0.15, 0.2) is 59.5 Å². The minimum Gasteiger partial charge on any atom is -0.294 e. The fourth-order valence-corrected chi connectivity index (χ4v) is 5.88. The molecule has 0 bridgehead atoms. The maximum Gasteiger partial charge on any atom is 0.163 e. The molecule has 0 saturated carbocycles. The molecule has 0 saturated heterocycles. The molecule has 0 heterocycles. The highest BCUT2D eigenvalue weighted by molar-refractivity contribution is 8.01. The fourth-order valence-electron chi connectivity index (χ4n) is 2.29. The third-order valence-electron chi connectivity index (χ3n) is 3.70. The Balaban J connectivity index is 2.15. The van der Waals surface area contributed by atoms with E-state index in [1.165, 1.54) is 10.5 Å². The van der Waals surface area contributed by atoms with Crippen LogP contribution in [-0.4, -0.2) is 18.7 Å². The van der Waals surface area contributed by atoms with Crippen molar-refractivity contribution in [1.29, 1.82) is 0 Å². The minimum atomic E-state index is -1.44. The van der Waals surface area contributed by atoms with Crippen LogP contribution in [0.4, 0.5) is 0 Å². The van der Waals surface area contributed by atoms with Crippen LogP contribution < -0.4 is 0 Å². The first kappa shape index (κ1) is 17.0. The van der Waals surface area contributed by atoms with Crippen molar-refractivity contribution in [3.8, 4) is 0 Å². The van der Waals surface area contributed by atoms with Gasteiger partial charge in [0.05, 0.1) is 8.07 Å². The molecule has 0 radical (unpaired) electrons. The molecule has 2 rings (SSSR count). The molecule has 2 aromatic rings. The second-order valence-corrected chi connectivity index (χ2v) is 13.9. The van der Waals surface area contributed by atoms with Crippen LogP contribution in [-0.2, 0) is 0 Å². The molecule has 0 N–H and O–H groups in total. The van der Waals surface area contributed by atoms with Crippen molar-refractivity contribution in [2.24, 2.45) is 0 Å². The summed E-state index contributed by atoms with van der Waals surface area (Å²) in [5.74, 6) is 0.258.